The molecule has 0 bridgehead atoms. The van der Waals surface area contributed by atoms with Crippen LogP contribution in [0.1, 0.15) is 12.5 Å². The molecule has 0 aromatic heterocycles. The first-order valence-electron chi connectivity index (χ1n) is 8.66. The van der Waals surface area contributed by atoms with Gasteiger partial charge in [0.2, 0.25) is 0 Å². The van der Waals surface area contributed by atoms with E-state index in [-0.39, 0.29) is 0 Å². The van der Waals surface area contributed by atoms with E-state index in [2.05, 4.69) is 52.3 Å². The van der Waals surface area contributed by atoms with Crippen LogP contribution in [0.2, 0.25) is 0 Å². The predicted octanol–water partition coefficient (Wildman–Crippen LogP) is 3.91. The Labute approximate surface area is 150 Å². The van der Waals surface area contributed by atoms with Crippen LogP contribution in [0.25, 0.3) is 6.08 Å². The molecular weight excluding hydrogens is 310 g/mol. The van der Waals surface area contributed by atoms with Gasteiger partial charge in [0, 0.05) is 19.3 Å². The molecule has 3 rings (SSSR count). The van der Waals surface area contributed by atoms with Crippen molar-refractivity contribution in [3.05, 3.63) is 65.7 Å². The molecule has 25 heavy (non-hydrogen) atoms. The van der Waals surface area contributed by atoms with Crippen LogP contribution in [0.4, 0.5) is 5.69 Å². The molecule has 4 nitrogen and oxygen atoms in total. The summed E-state index contributed by atoms with van der Waals surface area (Å²) in [5, 5.41) is 6.77. The monoisotopic (exact) mass is 335 g/mol. The number of ether oxygens (including phenoxy) is 1. The molecule has 1 heterocycles. The summed E-state index contributed by atoms with van der Waals surface area (Å²) in [5.74, 6) is 0.932. The maximum absolute atomic E-state index is 5.47. The lowest BCUT2D eigenvalue weighted by atomic mass is 10.1. The quantitative estimate of drug-likeness (QED) is 0.776. The third-order valence-corrected chi connectivity index (χ3v) is 4.30. The fraction of sp³-hybridized carbons (Fsp3) is 0.286. The first-order chi connectivity index (χ1) is 12.3. The standard InChI is InChI=1S/C21H25N3O/c1-18(16-19-8-4-3-5-9-19)17-22-24-14-12-23(13-15-24)20-10-6-7-11-21(20)25-2/h3-11,16-17H,12-15H2,1-2H3/b18-16+,22-17-. The van der Waals surface area contributed by atoms with Gasteiger partial charge in [-0.25, -0.2) is 0 Å². The van der Waals surface area contributed by atoms with Crippen LogP contribution < -0.4 is 9.64 Å². The Balaban J connectivity index is 1.56. The Bertz CT molecular complexity index is 732. The fourth-order valence-corrected chi connectivity index (χ4v) is 2.97. The van der Waals surface area contributed by atoms with E-state index in [1.54, 1.807) is 7.11 Å². The van der Waals surface area contributed by atoms with Crippen molar-refractivity contribution < 1.29 is 4.74 Å². The summed E-state index contributed by atoms with van der Waals surface area (Å²) in [6.45, 7) is 5.79. The van der Waals surface area contributed by atoms with Gasteiger partial charge in [-0.1, -0.05) is 48.5 Å². The first kappa shape index (κ1) is 17.1. The summed E-state index contributed by atoms with van der Waals surface area (Å²) < 4.78 is 5.47. The van der Waals surface area contributed by atoms with E-state index in [1.165, 1.54) is 5.56 Å². The molecule has 2 aromatic rings. The van der Waals surface area contributed by atoms with Gasteiger partial charge in [-0.15, -0.1) is 0 Å². The van der Waals surface area contributed by atoms with Crippen molar-refractivity contribution in [2.45, 2.75) is 6.92 Å². The number of benzene rings is 2. The topological polar surface area (TPSA) is 28.1 Å². The number of rotatable bonds is 5. The third kappa shape index (κ3) is 4.63. The van der Waals surface area contributed by atoms with E-state index in [0.717, 1.165) is 43.2 Å². The number of piperazine rings is 1. The predicted molar refractivity (Wildman–Crippen MR) is 105 cm³/mol. The van der Waals surface area contributed by atoms with Crippen molar-refractivity contribution in [2.75, 3.05) is 38.2 Å². The van der Waals surface area contributed by atoms with Crippen molar-refractivity contribution in [3.63, 3.8) is 0 Å². The number of para-hydroxylation sites is 2. The highest BCUT2D eigenvalue weighted by Gasteiger charge is 2.18. The molecule has 1 saturated heterocycles. The average Bonchev–Trinajstić information content (AvgIpc) is 2.67. The van der Waals surface area contributed by atoms with E-state index in [0.29, 0.717) is 0 Å². The zero-order valence-electron chi connectivity index (χ0n) is 14.9. The Morgan fingerprint density at radius 1 is 0.960 bits per heavy atom. The summed E-state index contributed by atoms with van der Waals surface area (Å²) in [6.07, 6.45) is 4.10. The van der Waals surface area contributed by atoms with E-state index in [1.807, 2.05) is 36.5 Å². The molecule has 4 heteroatoms. The molecule has 0 unspecified atom stereocenters. The van der Waals surface area contributed by atoms with Crippen molar-refractivity contribution in [1.29, 1.82) is 0 Å². The highest BCUT2D eigenvalue weighted by Crippen LogP contribution is 2.28. The molecule has 130 valence electrons. The van der Waals surface area contributed by atoms with Crippen molar-refractivity contribution in [2.24, 2.45) is 5.10 Å². The Kier molecular flexibility index (Phi) is 5.73. The van der Waals surface area contributed by atoms with E-state index < -0.39 is 0 Å². The van der Waals surface area contributed by atoms with Gasteiger partial charge in [0.25, 0.3) is 0 Å². The molecule has 1 aliphatic rings. The minimum atomic E-state index is 0.910. The minimum absolute atomic E-state index is 0.910. The van der Waals surface area contributed by atoms with Crippen LogP contribution in [0.15, 0.2) is 65.3 Å². The molecule has 0 saturated carbocycles. The molecule has 1 fully saturated rings. The fourth-order valence-electron chi connectivity index (χ4n) is 2.97. The molecule has 2 aromatic carbocycles. The molecule has 0 amide bonds. The smallest absolute Gasteiger partial charge is 0.142 e. The van der Waals surface area contributed by atoms with Crippen molar-refractivity contribution >= 4 is 18.0 Å². The van der Waals surface area contributed by atoms with Crippen LogP contribution >= 0.6 is 0 Å². The minimum Gasteiger partial charge on any atom is -0.495 e. The summed E-state index contributed by atoms with van der Waals surface area (Å²) in [6, 6.07) is 18.5. The number of anilines is 1. The summed E-state index contributed by atoms with van der Waals surface area (Å²) in [4.78, 5) is 2.36. The van der Waals surface area contributed by atoms with Gasteiger partial charge in [-0.3, -0.25) is 5.01 Å². The largest absolute Gasteiger partial charge is 0.495 e. The highest BCUT2D eigenvalue weighted by molar-refractivity contribution is 5.84. The summed E-state index contributed by atoms with van der Waals surface area (Å²) >= 11 is 0. The zero-order valence-corrected chi connectivity index (χ0v) is 14.9. The summed E-state index contributed by atoms with van der Waals surface area (Å²) in [5.41, 5.74) is 3.51. The second-order valence-corrected chi connectivity index (χ2v) is 6.16. The van der Waals surface area contributed by atoms with Crippen LogP contribution in [-0.2, 0) is 0 Å². The Hall–Kier alpha value is -2.75. The van der Waals surface area contributed by atoms with Crippen LogP contribution in [-0.4, -0.2) is 44.5 Å². The number of nitrogens with zero attached hydrogens (tertiary/aromatic N) is 3. The average molecular weight is 335 g/mol. The molecule has 0 atom stereocenters. The van der Waals surface area contributed by atoms with Crippen LogP contribution in [0, 0.1) is 0 Å². The second-order valence-electron chi connectivity index (χ2n) is 6.16. The third-order valence-electron chi connectivity index (χ3n) is 4.30. The van der Waals surface area contributed by atoms with Crippen molar-refractivity contribution in [3.8, 4) is 5.75 Å². The van der Waals surface area contributed by atoms with Gasteiger partial charge in [0.05, 0.1) is 25.9 Å². The van der Waals surface area contributed by atoms with Gasteiger partial charge in [-0.05, 0) is 30.2 Å². The number of hydrazone groups is 1. The maximum Gasteiger partial charge on any atom is 0.142 e. The lowest BCUT2D eigenvalue weighted by molar-refractivity contribution is 0.271. The zero-order chi connectivity index (χ0) is 17.5. The molecule has 0 aliphatic carbocycles. The molecule has 0 spiro atoms. The van der Waals surface area contributed by atoms with Crippen molar-refractivity contribution in [1.82, 2.24) is 5.01 Å². The number of allylic oxidation sites excluding steroid dienone is 1. The SMILES string of the molecule is COc1ccccc1N1CCN(/N=C\C(C)=C\c2ccccc2)CC1. The lowest BCUT2D eigenvalue weighted by Gasteiger charge is -2.35. The van der Waals surface area contributed by atoms with Gasteiger partial charge in [0.1, 0.15) is 5.75 Å². The number of hydrogen-bond donors (Lipinski definition) is 0. The van der Waals surface area contributed by atoms with E-state index in [4.69, 9.17) is 4.74 Å². The molecule has 0 radical (unpaired) electrons. The van der Waals surface area contributed by atoms with Gasteiger partial charge >= 0.3 is 0 Å². The lowest BCUT2D eigenvalue weighted by Crippen LogP contribution is -2.44. The van der Waals surface area contributed by atoms with Gasteiger partial charge < -0.3 is 9.64 Å². The highest BCUT2D eigenvalue weighted by atomic mass is 16.5. The molecular formula is C21H25N3O. The maximum atomic E-state index is 5.47. The van der Waals surface area contributed by atoms with Gasteiger partial charge in [-0.2, -0.15) is 5.10 Å². The number of methoxy groups -OCH3 is 1. The Morgan fingerprint density at radius 3 is 2.36 bits per heavy atom. The summed E-state index contributed by atoms with van der Waals surface area (Å²) in [7, 11) is 1.72. The van der Waals surface area contributed by atoms with Gasteiger partial charge in [0.15, 0.2) is 0 Å². The first-order valence-corrected chi connectivity index (χ1v) is 8.66. The van der Waals surface area contributed by atoms with Crippen LogP contribution in [0.5, 0.6) is 5.75 Å². The second kappa shape index (κ2) is 8.38. The Morgan fingerprint density at radius 2 is 1.64 bits per heavy atom. The molecule has 0 N–H and O–H groups in total. The van der Waals surface area contributed by atoms with Crippen LogP contribution in [0.3, 0.4) is 0 Å². The number of hydrogen-bond acceptors (Lipinski definition) is 4. The van der Waals surface area contributed by atoms with E-state index >= 15 is 0 Å². The normalized spacial score (nSPS) is 15.7. The molecule has 1 aliphatic heterocycles. The van der Waals surface area contributed by atoms with E-state index in [9.17, 15) is 0 Å².